The van der Waals surface area contributed by atoms with Crippen LogP contribution in [0.2, 0.25) is 0 Å². The number of ether oxygens (including phenoxy) is 2. The molecule has 0 aliphatic carbocycles. The van der Waals surface area contributed by atoms with E-state index in [9.17, 15) is 9.59 Å². The van der Waals surface area contributed by atoms with Crippen LogP contribution in [0.1, 0.15) is 32.8 Å². The third kappa shape index (κ3) is 6.86. The number of methoxy groups -OCH3 is 1. The average molecular weight is 320 g/mol. The first-order valence-electron chi connectivity index (χ1n) is 7.33. The van der Waals surface area contributed by atoms with Crippen LogP contribution in [-0.2, 0) is 20.7 Å². The molecule has 126 valence electrons. The van der Waals surface area contributed by atoms with Gasteiger partial charge in [0.25, 0.3) is 0 Å². The fourth-order valence-electron chi connectivity index (χ4n) is 1.98. The first-order chi connectivity index (χ1) is 10.7. The Labute approximate surface area is 136 Å². The minimum atomic E-state index is -0.725. The second kappa shape index (κ2) is 8.22. The van der Waals surface area contributed by atoms with Crippen molar-refractivity contribution in [1.29, 1.82) is 0 Å². The summed E-state index contributed by atoms with van der Waals surface area (Å²) in [6, 6.07) is 8.07. The van der Waals surface area contributed by atoms with E-state index < -0.39 is 11.7 Å². The van der Waals surface area contributed by atoms with E-state index >= 15 is 0 Å². The molecule has 1 aromatic carbocycles. The summed E-state index contributed by atoms with van der Waals surface area (Å²) >= 11 is 0. The zero-order chi connectivity index (χ0) is 17.5. The molecule has 2 aromatic rings. The third-order valence-corrected chi connectivity index (χ3v) is 2.91. The maximum absolute atomic E-state index is 11.0. The molecular formula is C17H24N2O4. The summed E-state index contributed by atoms with van der Waals surface area (Å²) in [6.07, 6.45) is 2.38. The number of amides is 1. The number of aryl methyl sites for hydroxylation is 1. The lowest BCUT2D eigenvalue weighted by atomic mass is 10.1. The zero-order valence-electron chi connectivity index (χ0n) is 14.0. The molecule has 1 heterocycles. The topological polar surface area (TPSA) is 94.4 Å². The Balaban J connectivity index is 0.000000284. The number of H-pyrrole nitrogens is 1. The van der Waals surface area contributed by atoms with E-state index in [1.54, 1.807) is 20.8 Å². The van der Waals surface area contributed by atoms with E-state index in [-0.39, 0.29) is 5.97 Å². The van der Waals surface area contributed by atoms with Gasteiger partial charge in [0.05, 0.1) is 7.11 Å². The van der Waals surface area contributed by atoms with Crippen molar-refractivity contribution in [2.24, 2.45) is 5.73 Å². The molecule has 0 fully saturated rings. The van der Waals surface area contributed by atoms with Gasteiger partial charge < -0.3 is 20.2 Å². The highest BCUT2D eigenvalue weighted by Crippen LogP contribution is 2.18. The Hall–Kier alpha value is -2.50. The van der Waals surface area contributed by atoms with E-state index in [2.05, 4.69) is 20.5 Å². The number of carbonyl (C=O) groups excluding carboxylic acids is 2. The molecule has 2 rings (SSSR count). The molecule has 3 N–H and O–H groups in total. The maximum Gasteiger partial charge on any atom is 0.405 e. The molecular weight excluding hydrogens is 296 g/mol. The lowest BCUT2D eigenvalue weighted by molar-refractivity contribution is -0.140. The van der Waals surface area contributed by atoms with Gasteiger partial charge in [-0.3, -0.25) is 4.79 Å². The molecule has 0 bridgehead atoms. The van der Waals surface area contributed by atoms with E-state index in [0.29, 0.717) is 6.42 Å². The Kier molecular flexibility index (Phi) is 6.63. The highest BCUT2D eigenvalue weighted by Gasteiger charge is 2.12. The summed E-state index contributed by atoms with van der Waals surface area (Å²) in [5.74, 6) is -0.166. The predicted octanol–water partition coefficient (Wildman–Crippen LogP) is 3.15. The second-order valence-electron chi connectivity index (χ2n) is 5.97. The van der Waals surface area contributed by atoms with Crippen molar-refractivity contribution in [2.45, 2.75) is 39.2 Å². The van der Waals surface area contributed by atoms with Crippen LogP contribution in [0.4, 0.5) is 4.79 Å². The minimum absolute atomic E-state index is 0.166. The van der Waals surface area contributed by atoms with Gasteiger partial charge in [-0.2, -0.15) is 0 Å². The van der Waals surface area contributed by atoms with Crippen LogP contribution in [0, 0.1) is 0 Å². The molecule has 0 atom stereocenters. The number of aromatic amines is 1. The molecule has 0 saturated heterocycles. The van der Waals surface area contributed by atoms with Gasteiger partial charge in [-0.25, -0.2) is 4.79 Å². The van der Waals surface area contributed by atoms with E-state index in [1.807, 2.05) is 24.4 Å². The molecule has 0 aliphatic rings. The average Bonchev–Trinajstić information content (AvgIpc) is 2.86. The molecule has 6 heteroatoms. The van der Waals surface area contributed by atoms with Crippen molar-refractivity contribution < 1.29 is 19.1 Å². The van der Waals surface area contributed by atoms with Gasteiger partial charge in [-0.15, -0.1) is 0 Å². The number of carbonyl (C=O) groups is 2. The molecule has 23 heavy (non-hydrogen) atoms. The molecule has 0 radical (unpaired) electrons. The number of esters is 1. The second-order valence-corrected chi connectivity index (χ2v) is 5.97. The number of fused-ring (bicyclic) bond motifs is 1. The number of hydrogen-bond donors (Lipinski definition) is 2. The van der Waals surface area contributed by atoms with E-state index in [1.165, 1.54) is 12.5 Å². The van der Waals surface area contributed by atoms with Crippen molar-refractivity contribution in [3.63, 3.8) is 0 Å². The van der Waals surface area contributed by atoms with Crippen LogP contribution in [0.5, 0.6) is 0 Å². The number of nitrogens with one attached hydrogen (secondary N) is 1. The van der Waals surface area contributed by atoms with Gasteiger partial charge >= 0.3 is 12.1 Å². The summed E-state index contributed by atoms with van der Waals surface area (Å²) < 4.78 is 9.19. The Morgan fingerprint density at radius 2 is 1.87 bits per heavy atom. The van der Waals surface area contributed by atoms with Crippen molar-refractivity contribution in [2.75, 3.05) is 7.11 Å². The number of nitrogens with two attached hydrogens (primary N) is 1. The van der Waals surface area contributed by atoms with Crippen molar-refractivity contribution >= 4 is 23.0 Å². The minimum Gasteiger partial charge on any atom is -0.469 e. The molecule has 0 saturated carbocycles. The molecule has 6 nitrogen and oxygen atoms in total. The number of hydrogen-bond acceptors (Lipinski definition) is 4. The number of aromatic nitrogens is 1. The largest absolute Gasteiger partial charge is 0.469 e. The highest BCUT2D eigenvalue weighted by atomic mass is 16.6. The SMILES string of the molecule is CC(C)(C)OC(N)=O.COC(=O)CCc1c[nH]c2ccccc12. The molecule has 0 aliphatic heterocycles. The van der Waals surface area contributed by atoms with Crippen LogP contribution in [0.25, 0.3) is 10.9 Å². The molecule has 0 unspecified atom stereocenters. The van der Waals surface area contributed by atoms with Gasteiger partial charge in [-0.1, -0.05) is 18.2 Å². The molecule has 1 aromatic heterocycles. The molecule has 1 amide bonds. The van der Waals surface area contributed by atoms with Gasteiger partial charge in [0, 0.05) is 23.5 Å². The van der Waals surface area contributed by atoms with Crippen LogP contribution in [0.15, 0.2) is 30.5 Å². The summed E-state index contributed by atoms with van der Waals surface area (Å²) in [4.78, 5) is 24.2. The first-order valence-corrected chi connectivity index (χ1v) is 7.33. The summed E-state index contributed by atoms with van der Waals surface area (Å²) in [7, 11) is 1.41. The lowest BCUT2D eigenvalue weighted by Gasteiger charge is -2.16. The Bertz CT molecular complexity index is 656. The van der Waals surface area contributed by atoms with Crippen molar-refractivity contribution in [3.8, 4) is 0 Å². The van der Waals surface area contributed by atoms with Crippen molar-refractivity contribution in [1.82, 2.24) is 4.98 Å². The third-order valence-electron chi connectivity index (χ3n) is 2.91. The molecule has 0 spiro atoms. The van der Waals surface area contributed by atoms with E-state index in [4.69, 9.17) is 5.73 Å². The smallest absolute Gasteiger partial charge is 0.405 e. The fourth-order valence-corrected chi connectivity index (χ4v) is 1.98. The number of para-hydroxylation sites is 1. The van der Waals surface area contributed by atoms with Gasteiger partial charge in [0.2, 0.25) is 0 Å². The quantitative estimate of drug-likeness (QED) is 0.849. The number of rotatable bonds is 3. The summed E-state index contributed by atoms with van der Waals surface area (Å²) in [6.45, 7) is 5.28. The standard InChI is InChI=1S/C12H13NO2.C5H11NO2/c1-15-12(14)7-6-9-8-13-11-5-3-2-4-10(9)11;1-5(2,3)8-4(6)7/h2-5,8,13H,6-7H2,1H3;1-3H3,(H2,6,7). The number of benzene rings is 1. The fraction of sp³-hybridized carbons (Fsp3) is 0.412. The van der Waals surface area contributed by atoms with Crippen LogP contribution in [0.3, 0.4) is 0 Å². The van der Waals surface area contributed by atoms with Crippen LogP contribution in [-0.4, -0.2) is 29.8 Å². The lowest BCUT2D eigenvalue weighted by Crippen LogP contribution is -2.27. The zero-order valence-corrected chi connectivity index (χ0v) is 14.0. The Morgan fingerprint density at radius 3 is 2.39 bits per heavy atom. The number of primary amides is 1. The van der Waals surface area contributed by atoms with Gasteiger partial charge in [0.1, 0.15) is 5.60 Å². The van der Waals surface area contributed by atoms with E-state index in [0.717, 1.165) is 17.5 Å². The van der Waals surface area contributed by atoms with Gasteiger partial charge in [-0.05, 0) is 38.8 Å². The van der Waals surface area contributed by atoms with Crippen LogP contribution >= 0.6 is 0 Å². The predicted molar refractivity (Wildman–Crippen MR) is 89.1 cm³/mol. The Morgan fingerprint density at radius 1 is 1.22 bits per heavy atom. The monoisotopic (exact) mass is 320 g/mol. The first kappa shape index (κ1) is 18.5. The van der Waals surface area contributed by atoms with Crippen LogP contribution < -0.4 is 5.73 Å². The van der Waals surface area contributed by atoms with Crippen molar-refractivity contribution in [3.05, 3.63) is 36.0 Å². The summed E-state index contributed by atoms with van der Waals surface area (Å²) in [5.41, 5.74) is 6.54. The highest BCUT2D eigenvalue weighted by molar-refractivity contribution is 5.83. The normalized spacial score (nSPS) is 10.6. The maximum atomic E-state index is 11.0. The summed E-state index contributed by atoms with van der Waals surface area (Å²) in [5, 5.41) is 1.18. The van der Waals surface area contributed by atoms with Gasteiger partial charge in [0.15, 0.2) is 0 Å².